The first-order chi connectivity index (χ1) is 9.02. The molecule has 1 unspecified atom stereocenters. The van der Waals surface area contributed by atoms with Crippen molar-refractivity contribution in [3.8, 4) is 0 Å². The third-order valence-corrected chi connectivity index (χ3v) is 3.71. The first-order valence-corrected chi connectivity index (χ1v) is 6.88. The second-order valence-corrected chi connectivity index (χ2v) is 5.10. The molecule has 19 heavy (non-hydrogen) atoms. The van der Waals surface area contributed by atoms with E-state index < -0.39 is 0 Å². The predicted octanol–water partition coefficient (Wildman–Crippen LogP) is 3.18. The Morgan fingerprint density at radius 2 is 2.16 bits per heavy atom. The Kier molecular flexibility index (Phi) is 4.32. The van der Waals surface area contributed by atoms with E-state index in [9.17, 15) is 0 Å². The lowest BCUT2D eigenvalue weighted by Crippen LogP contribution is -2.22. The molecule has 0 fully saturated rings. The average Bonchev–Trinajstić information content (AvgIpc) is 2.88. The summed E-state index contributed by atoms with van der Waals surface area (Å²) in [5, 5.41) is 8.48. The lowest BCUT2D eigenvalue weighted by molar-refractivity contribution is 0.403. The smallest absolute Gasteiger partial charge is 0.130 e. The molecule has 2 heterocycles. The van der Waals surface area contributed by atoms with Crippen molar-refractivity contribution in [1.29, 1.82) is 0 Å². The molecule has 4 nitrogen and oxygen atoms in total. The summed E-state index contributed by atoms with van der Waals surface area (Å²) in [6.45, 7) is 6.90. The molecule has 5 heteroatoms. The van der Waals surface area contributed by atoms with Gasteiger partial charge in [-0.2, -0.15) is 5.10 Å². The molecule has 2 aromatic heterocycles. The summed E-state index contributed by atoms with van der Waals surface area (Å²) in [5.74, 6) is 1.87. The Balaban J connectivity index is 2.26. The molecule has 0 aliphatic rings. The van der Waals surface area contributed by atoms with Crippen LogP contribution in [0.4, 0.5) is 0 Å². The minimum absolute atomic E-state index is 0.124. The van der Waals surface area contributed by atoms with E-state index in [-0.39, 0.29) is 6.04 Å². The number of aryl methyl sites for hydroxylation is 3. The van der Waals surface area contributed by atoms with E-state index in [2.05, 4.69) is 17.3 Å². The highest BCUT2D eigenvalue weighted by Gasteiger charge is 2.20. The topological polar surface area (TPSA) is 43.0 Å². The van der Waals surface area contributed by atoms with Gasteiger partial charge in [-0.15, -0.1) is 0 Å². The van der Waals surface area contributed by atoms with Gasteiger partial charge in [0.25, 0.3) is 0 Å². The van der Waals surface area contributed by atoms with Crippen molar-refractivity contribution in [2.24, 2.45) is 7.05 Å². The Morgan fingerprint density at radius 1 is 1.42 bits per heavy atom. The van der Waals surface area contributed by atoms with Gasteiger partial charge in [0.05, 0.1) is 11.7 Å². The largest absolute Gasteiger partial charge is 0.465 e. The number of hydrogen-bond donors (Lipinski definition) is 1. The van der Waals surface area contributed by atoms with Gasteiger partial charge in [0.1, 0.15) is 16.7 Å². The minimum atomic E-state index is 0.124. The van der Waals surface area contributed by atoms with Crippen molar-refractivity contribution in [1.82, 2.24) is 15.1 Å². The van der Waals surface area contributed by atoms with Gasteiger partial charge in [0.15, 0.2) is 0 Å². The third-order valence-electron chi connectivity index (χ3n) is 3.23. The van der Waals surface area contributed by atoms with Crippen molar-refractivity contribution in [3.63, 3.8) is 0 Å². The lowest BCUT2D eigenvalue weighted by Gasteiger charge is -2.15. The fourth-order valence-corrected chi connectivity index (χ4v) is 2.52. The molecule has 0 saturated carbocycles. The van der Waals surface area contributed by atoms with Gasteiger partial charge in [-0.25, -0.2) is 0 Å². The van der Waals surface area contributed by atoms with Crippen LogP contribution in [-0.4, -0.2) is 16.3 Å². The molecular formula is C14H20ClN3O. The summed E-state index contributed by atoms with van der Waals surface area (Å²) in [6.07, 6.45) is 0.777. The molecule has 2 aromatic rings. The van der Waals surface area contributed by atoms with Crippen LogP contribution < -0.4 is 5.32 Å². The van der Waals surface area contributed by atoms with Crippen molar-refractivity contribution in [2.75, 3.05) is 6.54 Å². The highest BCUT2D eigenvalue weighted by molar-refractivity contribution is 6.30. The fraction of sp³-hybridized carbons (Fsp3) is 0.500. The number of likely N-dealkylation sites (N-methyl/N-ethyl adjacent to an activating group) is 1. The third kappa shape index (κ3) is 3.01. The van der Waals surface area contributed by atoms with Gasteiger partial charge in [-0.1, -0.05) is 18.5 Å². The van der Waals surface area contributed by atoms with Crippen LogP contribution in [0.5, 0.6) is 0 Å². The summed E-state index contributed by atoms with van der Waals surface area (Å²) in [7, 11) is 1.86. The number of halogens is 1. The number of nitrogens with one attached hydrogen (secondary N) is 1. The maximum Gasteiger partial charge on any atom is 0.130 e. The number of rotatable bonds is 5. The van der Waals surface area contributed by atoms with Crippen LogP contribution in [0.25, 0.3) is 0 Å². The van der Waals surface area contributed by atoms with E-state index >= 15 is 0 Å². The second-order valence-electron chi connectivity index (χ2n) is 4.74. The van der Waals surface area contributed by atoms with Crippen LogP contribution >= 0.6 is 11.6 Å². The average molecular weight is 282 g/mol. The molecule has 1 atom stereocenters. The van der Waals surface area contributed by atoms with Crippen LogP contribution in [0.2, 0.25) is 5.15 Å². The van der Waals surface area contributed by atoms with Gasteiger partial charge < -0.3 is 9.73 Å². The number of aromatic nitrogens is 2. The molecule has 0 bridgehead atoms. The minimum Gasteiger partial charge on any atom is -0.465 e. The highest BCUT2D eigenvalue weighted by Crippen LogP contribution is 2.26. The molecular weight excluding hydrogens is 262 g/mol. The summed E-state index contributed by atoms with van der Waals surface area (Å²) in [4.78, 5) is 0. The molecule has 0 saturated heterocycles. The normalized spacial score (nSPS) is 12.9. The van der Waals surface area contributed by atoms with Gasteiger partial charge in [-0.3, -0.25) is 4.68 Å². The molecule has 0 aromatic carbocycles. The van der Waals surface area contributed by atoms with Crippen LogP contribution in [0.3, 0.4) is 0 Å². The van der Waals surface area contributed by atoms with Crippen molar-refractivity contribution >= 4 is 11.6 Å². The SMILES string of the molecule is CCNC(Cc1c(C)nn(C)c1Cl)c1ccc(C)o1. The number of furan rings is 1. The van der Waals surface area contributed by atoms with E-state index in [1.165, 1.54) is 0 Å². The highest BCUT2D eigenvalue weighted by atomic mass is 35.5. The summed E-state index contributed by atoms with van der Waals surface area (Å²) >= 11 is 6.29. The maximum atomic E-state index is 6.29. The molecule has 0 amide bonds. The van der Waals surface area contributed by atoms with Crippen LogP contribution in [0.15, 0.2) is 16.5 Å². The molecule has 104 valence electrons. The van der Waals surface area contributed by atoms with Crippen LogP contribution in [0, 0.1) is 13.8 Å². The van der Waals surface area contributed by atoms with E-state index in [1.54, 1.807) is 4.68 Å². The van der Waals surface area contributed by atoms with E-state index in [1.807, 2.05) is 33.0 Å². The summed E-state index contributed by atoms with van der Waals surface area (Å²) in [5.41, 5.74) is 2.04. The van der Waals surface area contributed by atoms with Gasteiger partial charge in [0, 0.05) is 12.6 Å². The predicted molar refractivity (Wildman–Crippen MR) is 76.5 cm³/mol. The van der Waals surface area contributed by atoms with E-state index in [0.29, 0.717) is 5.15 Å². The molecule has 0 aliphatic carbocycles. The van der Waals surface area contributed by atoms with Gasteiger partial charge in [0.2, 0.25) is 0 Å². The van der Waals surface area contributed by atoms with E-state index in [4.69, 9.17) is 16.0 Å². The zero-order chi connectivity index (χ0) is 14.0. The molecule has 2 rings (SSSR count). The molecule has 1 N–H and O–H groups in total. The van der Waals surface area contributed by atoms with Gasteiger partial charge in [-0.05, 0) is 38.9 Å². The Morgan fingerprint density at radius 3 is 2.63 bits per heavy atom. The fourth-order valence-electron chi connectivity index (χ4n) is 2.27. The molecule has 0 aliphatic heterocycles. The van der Waals surface area contributed by atoms with Crippen LogP contribution in [-0.2, 0) is 13.5 Å². The first kappa shape index (κ1) is 14.2. The second kappa shape index (κ2) is 5.80. The van der Waals surface area contributed by atoms with Crippen molar-refractivity contribution in [2.45, 2.75) is 33.2 Å². The Labute approximate surface area is 118 Å². The van der Waals surface area contributed by atoms with Gasteiger partial charge >= 0.3 is 0 Å². The standard InChI is InChI=1S/C14H20ClN3O/c1-5-16-12(13-7-6-9(2)19-13)8-11-10(3)17-18(4)14(11)15/h6-7,12,16H,5,8H2,1-4H3. The Hall–Kier alpha value is -1.26. The van der Waals surface area contributed by atoms with Crippen molar-refractivity contribution in [3.05, 3.63) is 40.1 Å². The maximum absolute atomic E-state index is 6.29. The molecule has 0 spiro atoms. The summed E-state index contributed by atoms with van der Waals surface area (Å²) in [6, 6.07) is 4.12. The molecule has 0 radical (unpaired) electrons. The Bertz CT molecular complexity index is 559. The number of nitrogens with zero attached hydrogens (tertiary/aromatic N) is 2. The zero-order valence-corrected chi connectivity index (χ0v) is 12.6. The first-order valence-electron chi connectivity index (χ1n) is 6.50. The monoisotopic (exact) mass is 281 g/mol. The lowest BCUT2D eigenvalue weighted by atomic mass is 10.0. The number of hydrogen-bond acceptors (Lipinski definition) is 3. The summed E-state index contributed by atoms with van der Waals surface area (Å²) < 4.78 is 7.44. The van der Waals surface area contributed by atoms with Crippen molar-refractivity contribution < 1.29 is 4.42 Å². The van der Waals surface area contributed by atoms with E-state index in [0.717, 1.165) is 35.7 Å². The quantitative estimate of drug-likeness (QED) is 0.915. The zero-order valence-electron chi connectivity index (χ0n) is 11.8. The van der Waals surface area contributed by atoms with Crippen LogP contribution in [0.1, 0.15) is 35.7 Å².